The monoisotopic (exact) mass is 490 g/mol. The van der Waals surface area contributed by atoms with Crippen molar-refractivity contribution in [2.24, 2.45) is 17.6 Å². The van der Waals surface area contributed by atoms with E-state index in [9.17, 15) is 29.1 Å². The fourth-order valence-electron chi connectivity index (χ4n) is 2.82. The third-order valence-corrected chi connectivity index (χ3v) is 5.97. The minimum Gasteiger partial charge on any atom is -0.481 e. The van der Waals surface area contributed by atoms with Gasteiger partial charge in [0.2, 0.25) is 17.7 Å². The maximum absolute atomic E-state index is 12.9. The van der Waals surface area contributed by atoms with Crippen molar-refractivity contribution in [1.82, 2.24) is 16.0 Å². The highest BCUT2D eigenvalue weighted by atomic mass is 32.2. The van der Waals surface area contributed by atoms with Crippen LogP contribution in [0.1, 0.15) is 53.4 Å². The van der Waals surface area contributed by atoms with Gasteiger partial charge in [-0.05, 0) is 36.7 Å². The molecule has 0 aromatic carbocycles. The van der Waals surface area contributed by atoms with E-state index < -0.39 is 53.8 Å². The van der Waals surface area contributed by atoms with E-state index in [0.29, 0.717) is 12.2 Å². The predicted octanol–water partition coefficient (Wildman–Crippen LogP) is 0.173. The molecule has 0 aliphatic rings. The fraction of sp³-hybridized carbons (Fsp3) is 0.762. The van der Waals surface area contributed by atoms with Gasteiger partial charge < -0.3 is 31.9 Å². The van der Waals surface area contributed by atoms with Crippen molar-refractivity contribution in [2.45, 2.75) is 77.5 Å². The Hall–Kier alpha value is -2.34. The Morgan fingerprint density at radius 3 is 1.85 bits per heavy atom. The molecule has 0 radical (unpaired) electrons. The maximum Gasteiger partial charge on any atom is 0.326 e. The lowest BCUT2D eigenvalue weighted by Crippen LogP contribution is -2.58. The van der Waals surface area contributed by atoms with Crippen LogP contribution in [-0.2, 0) is 24.0 Å². The van der Waals surface area contributed by atoms with Crippen LogP contribution >= 0.6 is 11.8 Å². The van der Waals surface area contributed by atoms with Crippen LogP contribution in [0.5, 0.6) is 0 Å². The zero-order valence-electron chi connectivity index (χ0n) is 19.9. The molecule has 0 aromatic heterocycles. The van der Waals surface area contributed by atoms with Crippen molar-refractivity contribution in [3.05, 3.63) is 0 Å². The summed E-state index contributed by atoms with van der Waals surface area (Å²) in [5.74, 6) is -4.37. The highest BCUT2D eigenvalue weighted by Crippen LogP contribution is 2.10. The van der Waals surface area contributed by atoms with Crippen molar-refractivity contribution >= 4 is 41.4 Å². The second-order valence-corrected chi connectivity index (χ2v) is 9.30. The highest BCUT2D eigenvalue weighted by Gasteiger charge is 2.32. The van der Waals surface area contributed by atoms with Gasteiger partial charge in [0.05, 0.1) is 6.04 Å². The number of rotatable bonds is 16. The smallest absolute Gasteiger partial charge is 0.326 e. The van der Waals surface area contributed by atoms with Gasteiger partial charge in [-0.25, -0.2) is 4.79 Å². The summed E-state index contributed by atoms with van der Waals surface area (Å²) in [6.45, 7) is 6.96. The molecule has 0 aromatic rings. The van der Waals surface area contributed by atoms with Gasteiger partial charge in [0.1, 0.15) is 18.1 Å². The molecule has 0 saturated carbocycles. The molecule has 0 saturated heterocycles. The molecule has 33 heavy (non-hydrogen) atoms. The molecule has 0 bridgehead atoms. The summed E-state index contributed by atoms with van der Waals surface area (Å²) in [6, 6.07) is -4.29. The lowest BCUT2D eigenvalue weighted by molar-refractivity contribution is -0.143. The summed E-state index contributed by atoms with van der Waals surface area (Å²) in [4.78, 5) is 60.7. The maximum atomic E-state index is 12.9. The minimum atomic E-state index is -1.21. The first-order valence-electron chi connectivity index (χ1n) is 11.0. The van der Waals surface area contributed by atoms with Crippen molar-refractivity contribution in [2.75, 3.05) is 12.0 Å². The van der Waals surface area contributed by atoms with Crippen molar-refractivity contribution < 1.29 is 34.2 Å². The third-order valence-electron chi connectivity index (χ3n) is 5.32. The van der Waals surface area contributed by atoms with E-state index in [-0.39, 0.29) is 31.1 Å². The average Bonchev–Trinajstić information content (AvgIpc) is 2.75. The van der Waals surface area contributed by atoms with Crippen molar-refractivity contribution in [3.63, 3.8) is 0 Å². The topological polar surface area (TPSA) is 188 Å². The summed E-state index contributed by atoms with van der Waals surface area (Å²) in [5.41, 5.74) is 5.82. The Morgan fingerprint density at radius 1 is 0.879 bits per heavy atom. The molecule has 12 heteroatoms. The number of amides is 3. The summed E-state index contributed by atoms with van der Waals surface area (Å²) in [5, 5.41) is 25.9. The first-order chi connectivity index (χ1) is 15.3. The molecule has 0 aliphatic heterocycles. The molecular weight excluding hydrogens is 452 g/mol. The van der Waals surface area contributed by atoms with E-state index in [1.54, 1.807) is 27.7 Å². The Bertz CT molecular complexity index is 690. The number of hydrogen-bond donors (Lipinski definition) is 6. The molecular formula is C21H38N4O7S. The lowest BCUT2D eigenvalue weighted by atomic mass is 9.98. The van der Waals surface area contributed by atoms with E-state index in [2.05, 4.69) is 16.0 Å². The molecule has 0 aliphatic carbocycles. The van der Waals surface area contributed by atoms with Gasteiger partial charge in [-0.1, -0.05) is 34.1 Å². The predicted molar refractivity (Wildman–Crippen MR) is 126 cm³/mol. The second-order valence-electron chi connectivity index (χ2n) is 8.32. The molecule has 190 valence electrons. The Balaban J connectivity index is 5.57. The number of carboxylic acid groups (broad SMARTS) is 2. The first kappa shape index (κ1) is 30.7. The number of carboxylic acids is 2. The van der Waals surface area contributed by atoms with Crippen LogP contribution in [0, 0.1) is 11.8 Å². The number of nitrogens with two attached hydrogens (primary N) is 1. The number of thioether (sulfide) groups is 1. The van der Waals surface area contributed by atoms with Gasteiger partial charge in [0.15, 0.2) is 0 Å². The van der Waals surface area contributed by atoms with E-state index in [0.717, 1.165) is 0 Å². The van der Waals surface area contributed by atoms with E-state index in [1.807, 2.05) is 6.26 Å². The molecule has 0 spiro atoms. The number of carbonyl (C=O) groups excluding carboxylic acids is 3. The van der Waals surface area contributed by atoms with Crippen molar-refractivity contribution in [1.29, 1.82) is 0 Å². The number of aliphatic carboxylic acids is 2. The highest BCUT2D eigenvalue weighted by molar-refractivity contribution is 7.98. The van der Waals surface area contributed by atoms with Crippen LogP contribution < -0.4 is 21.7 Å². The van der Waals surface area contributed by atoms with Gasteiger partial charge in [0, 0.05) is 6.42 Å². The molecule has 5 atom stereocenters. The largest absolute Gasteiger partial charge is 0.481 e. The first-order valence-corrected chi connectivity index (χ1v) is 12.3. The Morgan fingerprint density at radius 2 is 1.39 bits per heavy atom. The number of carbonyl (C=O) groups is 5. The summed E-state index contributed by atoms with van der Waals surface area (Å²) in [6.07, 6.45) is 1.99. The third kappa shape index (κ3) is 11.4. The number of nitrogens with one attached hydrogen (secondary N) is 3. The Labute approximate surface area is 199 Å². The van der Waals surface area contributed by atoms with Crippen LogP contribution in [0.15, 0.2) is 0 Å². The van der Waals surface area contributed by atoms with Crippen LogP contribution in [0.4, 0.5) is 0 Å². The van der Waals surface area contributed by atoms with Gasteiger partial charge in [0.25, 0.3) is 0 Å². The van der Waals surface area contributed by atoms with E-state index in [1.165, 1.54) is 11.8 Å². The van der Waals surface area contributed by atoms with Crippen LogP contribution in [0.25, 0.3) is 0 Å². The minimum absolute atomic E-state index is 0.195. The lowest BCUT2D eigenvalue weighted by Gasteiger charge is -2.26. The summed E-state index contributed by atoms with van der Waals surface area (Å²) >= 11 is 1.44. The number of hydrogen-bond acceptors (Lipinski definition) is 7. The zero-order chi connectivity index (χ0) is 25.7. The van der Waals surface area contributed by atoms with Gasteiger partial charge in [-0.15, -0.1) is 0 Å². The summed E-state index contributed by atoms with van der Waals surface area (Å²) in [7, 11) is 0. The quantitative estimate of drug-likeness (QED) is 0.175. The van der Waals surface area contributed by atoms with Crippen LogP contribution in [0.2, 0.25) is 0 Å². The molecule has 0 heterocycles. The molecule has 7 N–H and O–H groups in total. The SMILES string of the molecule is CCC(C)C(NC(=O)C(CCSC)NC(=O)C(CCC(=O)O)NC(=O)C(N)C(C)C)C(=O)O. The van der Waals surface area contributed by atoms with Crippen LogP contribution in [-0.4, -0.2) is 76.0 Å². The Kier molecular flexibility index (Phi) is 14.4. The summed E-state index contributed by atoms with van der Waals surface area (Å²) < 4.78 is 0. The van der Waals surface area contributed by atoms with Gasteiger partial charge >= 0.3 is 11.9 Å². The van der Waals surface area contributed by atoms with E-state index in [4.69, 9.17) is 10.8 Å². The van der Waals surface area contributed by atoms with Gasteiger partial charge in [-0.3, -0.25) is 19.2 Å². The normalized spacial score (nSPS) is 15.6. The van der Waals surface area contributed by atoms with E-state index >= 15 is 0 Å². The second kappa shape index (κ2) is 15.5. The molecule has 0 fully saturated rings. The molecule has 5 unspecified atom stereocenters. The fourth-order valence-corrected chi connectivity index (χ4v) is 3.29. The van der Waals surface area contributed by atoms with Gasteiger partial charge in [-0.2, -0.15) is 11.8 Å². The standard InChI is InChI=1S/C21H38N4O7S/c1-6-12(4)17(21(31)32)25-19(29)14(9-10-33-5)23-18(28)13(7-8-15(26)27)24-20(30)16(22)11(2)3/h11-14,16-17H,6-10,22H2,1-5H3,(H,23,28)(H,24,30)(H,25,29)(H,26,27)(H,31,32). The average molecular weight is 491 g/mol. The molecule has 3 amide bonds. The molecule has 0 rings (SSSR count). The van der Waals surface area contributed by atoms with Crippen molar-refractivity contribution in [3.8, 4) is 0 Å². The van der Waals surface area contributed by atoms with Crippen LogP contribution in [0.3, 0.4) is 0 Å². The molecule has 11 nitrogen and oxygen atoms in total. The zero-order valence-corrected chi connectivity index (χ0v) is 20.7.